The lowest BCUT2D eigenvalue weighted by Crippen LogP contribution is -2.33. The SMILES string of the molecule is CCCCCCCCCCCCC(Oc1ccc(O)c(C(C)(C)C)c1)C(=O)Nc1ccc(Cl)c(N(c2ccn[nH]2)c2c(Cl)cc(Cl)c(O)c2Cl)c1. The second-order valence-corrected chi connectivity index (χ2v) is 15.4. The van der Waals surface area contributed by atoms with Crippen LogP contribution in [0.2, 0.25) is 20.1 Å². The molecule has 3 aromatic carbocycles. The Kier molecular flexibility index (Phi) is 15.1. The van der Waals surface area contributed by atoms with Crippen LogP contribution in [0.3, 0.4) is 0 Å². The first-order chi connectivity index (χ1) is 24.3. The van der Waals surface area contributed by atoms with E-state index in [2.05, 4.69) is 22.4 Å². The number of aromatic nitrogens is 2. The van der Waals surface area contributed by atoms with E-state index >= 15 is 0 Å². The van der Waals surface area contributed by atoms with Gasteiger partial charge in [0.1, 0.15) is 22.3 Å². The maximum absolute atomic E-state index is 14.0. The number of hydrogen-bond acceptors (Lipinski definition) is 6. The van der Waals surface area contributed by atoms with Gasteiger partial charge in [0, 0.05) is 17.3 Å². The molecule has 0 aliphatic rings. The molecule has 276 valence electrons. The van der Waals surface area contributed by atoms with E-state index in [9.17, 15) is 15.0 Å². The van der Waals surface area contributed by atoms with E-state index in [1.54, 1.807) is 53.6 Å². The molecule has 0 fully saturated rings. The fraction of sp³-hybridized carbons (Fsp3) is 0.436. The van der Waals surface area contributed by atoms with Gasteiger partial charge >= 0.3 is 0 Å². The minimum Gasteiger partial charge on any atom is -0.508 e. The Morgan fingerprint density at radius 2 is 1.53 bits per heavy atom. The largest absolute Gasteiger partial charge is 0.508 e. The number of carbonyl (C=O) groups is 1. The van der Waals surface area contributed by atoms with Gasteiger partial charge in [0.15, 0.2) is 11.9 Å². The lowest BCUT2D eigenvalue weighted by molar-refractivity contribution is -0.123. The van der Waals surface area contributed by atoms with Crippen LogP contribution in [0, 0.1) is 0 Å². The summed E-state index contributed by atoms with van der Waals surface area (Å²) in [5.41, 5.74) is 1.44. The van der Waals surface area contributed by atoms with Gasteiger partial charge < -0.3 is 20.3 Å². The molecule has 1 atom stereocenters. The van der Waals surface area contributed by atoms with Crippen molar-refractivity contribution in [3.63, 3.8) is 0 Å². The fourth-order valence-corrected chi connectivity index (χ4v) is 7.05. The summed E-state index contributed by atoms with van der Waals surface area (Å²) in [6.45, 7) is 8.26. The van der Waals surface area contributed by atoms with Gasteiger partial charge in [-0.25, -0.2) is 0 Å². The fourth-order valence-electron chi connectivity index (χ4n) is 5.92. The number of anilines is 4. The van der Waals surface area contributed by atoms with E-state index in [4.69, 9.17) is 51.1 Å². The Hall–Kier alpha value is -3.30. The zero-order valence-corrected chi connectivity index (χ0v) is 32.7. The first-order valence-electron chi connectivity index (χ1n) is 17.6. The van der Waals surface area contributed by atoms with Crippen molar-refractivity contribution < 1.29 is 19.7 Å². The molecule has 1 aromatic heterocycles. The highest BCUT2D eigenvalue weighted by Gasteiger charge is 2.27. The zero-order chi connectivity index (χ0) is 37.1. The first kappa shape index (κ1) is 40.5. The number of hydrogen-bond donors (Lipinski definition) is 4. The van der Waals surface area contributed by atoms with Crippen LogP contribution in [0.1, 0.15) is 104 Å². The molecular formula is C39H48Cl4N4O4. The summed E-state index contributed by atoms with van der Waals surface area (Å²) in [4.78, 5) is 15.6. The number of ether oxygens (including phenoxy) is 1. The van der Waals surface area contributed by atoms with Crippen LogP contribution < -0.4 is 15.0 Å². The van der Waals surface area contributed by atoms with Gasteiger partial charge in [-0.1, -0.05) is 132 Å². The van der Waals surface area contributed by atoms with E-state index in [0.717, 1.165) is 24.8 Å². The molecule has 4 aromatic rings. The van der Waals surface area contributed by atoms with E-state index in [1.165, 1.54) is 51.0 Å². The van der Waals surface area contributed by atoms with Crippen LogP contribution in [0.15, 0.2) is 54.7 Å². The Balaban J connectivity index is 1.57. The monoisotopic (exact) mass is 776 g/mol. The highest BCUT2D eigenvalue weighted by Crippen LogP contribution is 2.50. The number of amides is 1. The number of H-pyrrole nitrogens is 1. The Bertz CT molecular complexity index is 1740. The van der Waals surface area contributed by atoms with Crippen molar-refractivity contribution in [2.45, 2.75) is 110 Å². The highest BCUT2D eigenvalue weighted by molar-refractivity contribution is 6.44. The number of aromatic amines is 1. The second kappa shape index (κ2) is 19.0. The molecular weight excluding hydrogens is 730 g/mol. The van der Waals surface area contributed by atoms with E-state index in [-0.39, 0.29) is 43.6 Å². The van der Waals surface area contributed by atoms with Gasteiger partial charge in [0.25, 0.3) is 5.91 Å². The van der Waals surface area contributed by atoms with E-state index in [1.807, 2.05) is 20.8 Å². The number of benzene rings is 3. The average molecular weight is 779 g/mol. The Morgan fingerprint density at radius 3 is 2.16 bits per heavy atom. The van der Waals surface area contributed by atoms with E-state index < -0.39 is 6.10 Å². The maximum atomic E-state index is 14.0. The molecule has 1 amide bonds. The standard InChI is InChI=1S/C39H48Cl4N4O4/c1-5-6-7-8-9-10-11-12-13-14-15-33(51-26-17-19-32(48)27(23-26)39(2,3)4)38(50)45-25-16-18-28(40)31(22-25)47(34-20-21-44-46-34)36-29(41)24-30(42)37(49)35(36)43/h16-24,33,48-49H,5-15H2,1-4H3,(H,44,46)(H,45,50). The molecule has 4 N–H and O–H groups in total. The van der Waals surface area contributed by atoms with Gasteiger partial charge in [-0.3, -0.25) is 14.8 Å². The number of nitrogens with one attached hydrogen (secondary N) is 2. The van der Waals surface area contributed by atoms with Crippen molar-refractivity contribution in [3.8, 4) is 17.2 Å². The van der Waals surface area contributed by atoms with E-state index in [0.29, 0.717) is 34.4 Å². The smallest absolute Gasteiger partial charge is 0.265 e. The summed E-state index contributed by atoms with van der Waals surface area (Å²) in [5.74, 6) is 0.431. The number of phenols is 2. The van der Waals surface area contributed by atoms with Gasteiger partial charge in [-0.2, -0.15) is 5.10 Å². The Morgan fingerprint density at radius 1 is 0.863 bits per heavy atom. The van der Waals surface area contributed by atoms with Crippen molar-refractivity contribution in [1.82, 2.24) is 10.2 Å². The summed E-state index contributed by atoms with van der Waals surface area (Å²) in [5, 5.41) is 31.4. The van der Waals surface area contributed by atoms with Gasteiger partial charge in [-0.05, 0) is 60.7 Å². The number of unbranched alkanes of at least 4 members (excludes halogenated alkanes) is 9. The molecule has 0 saturated heterocycles. The average Bonchev–Trinajstić information content (AvgIpc) is 3.62. The first-order valence-corrected chi connectivity index (χ1v) is 19.1. The second-order valence-electron chi connectivity index (χ2n) is 13.8. The lowest BCUT2D eigenvalue weighted by Gasteiger charge is -2.27. The molecule has 0 saturated carbocycles. The van der Waals surface area contributed by atoms with Crippen molar-refractivity contribution in [2.75, 3.05) is 10.2 Å². The van der Waals surface area contributed by atoms with Crippen molar-refractivity contribution in [1.29, 1.82) is 0 Å². The van der Waals surface area contributed by atoms with Crippen LogP contribution in [-0.4, -0.2) is 32.4 Å². The Labute approximate surface area is 321 Å². The number of carbonyl (C=O) groups excluding carboxylic acids is 1. The van der Waals surface area contributed by atoms with Gasteiger partial charge in [0.05, 0.1) is 32.6 Å². The van der Waals surface area contributed by atoms with Crippen molar-refractivity contribution in [2.24, 2.45) is 0 Å². The third-order valence-electron chi connectivity index (χ3n) is 8.69. The molecule has 0 bridgehead atoms. The molecule has 0 aliphatic heterocycles. The molecule has 12 heteroatoms. The van der Waals surface area contributed by atoms with Crippen molar-refractivity contribution in [3.05, 3.63) is 80.4 Å². The molecule has 51 heavy (non-hydrogen) atoms. The number of rotatable bonds is 18. The minimum absolute atomic E-state index is 0.0119. The summed E-state index contributed by atoms with van der Waals surface area (Å²) in [6, 6.07) is 13.1. The van der Waals surface area contributed by atoms with Crippen LogP contribution >= 0.6 is 46.4 Å². The summed E-state index contributed by atoms with van der Waals surface area (Å²) in [7, 11) is 0. The highest BCUT2D eigenvalue weighted by atomic mass is 35.5. The molecule has 4 rings (SSSR count). The number of halogens is 4. The summed E-state index contributed by atoms with van der Waals surface area (Å²) >= 11 is 26.1. The molecule has 0 spiro atoms. The predicted molar refractivity (Wildman–Crippen MR) is 211 cm³/mol. The zero-order valence-electron chi connectivity index (χ0n) is 29.7. The predicted octanol–water partition coefficient (Wildman–Crippen LogP) is 12.9. The molecule has 0 radical (unpaired) electrons. The normalized spacial score (nSPS) is 12.2. The van der Waals surface area contributed by atoms with Crippen LogP contribution in [0.4, 0.5) is 22.9 Å². The van der Waals surface area contributed by atoms with Gasteiger partial charge in [-0.15, -0.1) is 0 Å². The lowest BCUT2D eigenvalue weighted by atomic mass is 9.86. The third kappa shape index (κ3) is 11.1. The number of aromatic hydroxyl groups is 2. The van der Waals surface area contributed by atoms with Crippen LogP contribution in [0.5, 0.6) is 17.2 Å². The quantitative estimate of drug-likeness (QED) is 0.0749. The topological polar surface area (TPSA) is 111 Å². The number of nitrogens with zero attached hydrogens (tertiary/aromatic N) is 2. The third-order valence-corrected chi connectivity index (χ3v) is 9.95. The summed E-state index contributed by atoms with van der Waals surface area (Å²) in [6.07, 6.45) is 13.0. The molecule has 1 unspecified atom stereocenters. The molecule has 0 aliphatic carbocycles. The number of phenolic OH excluding ortho intramolecular Hbond substituents is 2. The molecule has 8 nitrogen and oxygen atoms in total. The summed E-state index contributed by atoms with van der Waals surface area (Å²) < 4.78 is 6.36. The van der Waals surface area contributed by atoms with Crippen LogP contribution in [0.25, 0.3) is 0 Å². The molecule has 1 heterocycles. The van der Waals surface area contributed by atoms with Crippen LogP contribution in [-0.2, 0) is 10.2 Å². The maximum Gasteiger partial charge on any atom is 0.265 e. The van der Waals surface area contributed by atoms with Gasteiger partial charge in [0.2, 0.25) is 0 Å². The minimum atomic E-state index is -0.809. The van der Waals surface area contributed by atoms with Crippen molar-refractivity contribution >= 4 is 75.2 Å².